The third kappa shape index (κ3) is 4.86. The number of nitrogens with zero attached hydrogens (tertiary/aromatic N) is 1. The number of carbonyl (C=O) groups excluding carboxylic acids is 1. The highest BCUT2D eigenvalue weighted by atomic mass is 19.1. The van der Waals surface area contributed by atoms with Crippen molar-refractivity contribution in [1.82, 2.24) is 10.3 Å². The summed E-state index contributed by atoms with van der Waals surface area (Å²) >= 11 is 0. The topological polar surface area (TPSA) is 62.2 Å². The molecule has 0 radical (unpaired) electrons. The lowest BCUT2D eigenvalue weighted by Crippen LogP contribution is -2.42. The summed E-state index contributed by atoms with van der Waals surface area (Å²) < 4.78 is 13.3. The van der Waals surface area contributed by atoms with E-state index in [9.17, 15) is 14.3 Å². The lowest BCUT2D eigenvalue weighted by Gasteiger charge is -2.23. The van der Waals surface area contributed by atoms with E-state index in [0.717, 1.165) is 23.2 Å². The molecule has 1 aromatic carbocycles. The molecule has 4 nitrogen and oxygen atoms in total. The van der Waals surface area contributed by atoms with Gasteiger partial charge in [0.2, 0.25) is 5.91 Å². The average Bonchev–Trinajstić information content (AvgIpc) is 2.65. The second-order valence-electron chi connectivity index (χ2n) is 6.38. The Morgan fingerprint density at radius 1 is 1.16 bits per heavy atom. The molecule has 25 heavy (non-hydrogen) atoms. The summed E-state index contributed by atoms with van der Waals surface area (Å²) in [6, 6.07) is 10.3. The van der Waals surface area contributed by atoms with Crippen molar-refractivity contribution in [3.8, 4) is 11.1 Å². The van der Waals surface area contributed by atoms with Gasteiger partial charge in [-0.3, -0.25) is 9.78 Å². The van der Waals surface area contributed by atoms with Gasteiger partial charge >= 0.3 is 0 Å². The zero-order valence-electron chi connectivity index (χ0n) is 14.9. The number of hydrogen-bond acceptors (Lipinski definition) is 3. The molecular formula is C20H25FN2O2. The maximum atomic E-state index is 13.3. The van der Waals surface area contributed by atoms with Crippen molar-refractivity contribution in [2.75, 3.05) is 6.67 Å². The Labute approximate surface area is 148 Å². The van der Waals surface area contributed by atoms with Gasteiger partial charge in [0.15, 0.2) is 0 Å². The fourth-order valence-corrected chi connectivity index (χ4v) is 2.46. The quantitative estimate of drug-likeness (QED) is 0.809. The van der Waals surface area contributed by atoms with Crippen LogP contribution in [0.5, 0.6) is 0 Å². The molecule has 2 unspecified atom stereocenters. The van der Waals surface area contributed by atoms with Crippen LogP contribution < -0.4 is 5.32 Å². The molecule has 2 atom stereocenters. The summed E-state index contributed by atoms with van der Waals surface area (Å²) in [5.74, 6) is -0.539. The first kappa shape index (κ1) is 19.1. The number of amides is 1. The van der Waals surface area contributed by atoms with Gasteiger partial charge in [-0.05, 0) is 23.6 Å². The van der Waals surface area contributed by atoms with Gasteiger partial charge in [-0.15, -0.1) is 0 Å². The minimum Gasteiger partial charge on any atom is -0.386 e. The van der Waals surface area contributed by atoms with Crippen LogP contribution in [0.3, 0.4) is 0 Å². The molecule has 0 aliphatic carbocycles. The average molecular weight is 344 g/mol. The van der Waals surface area contributed by atoms with Gasteiger partial charge in [0.05, 0.1) is 6.04 Å². The van der Waals surface area contributed by atoms with Crippen molar-refractivity contribution >= 4 is 5.91 Å². The van der Waals surface area contributed by atoms with Crippen molar-refractivity contribution in [2.45, 2.75) is 39.3 Å². The molecule has 134 valence electrons. The van der Waals surface area contributed by atoms with Crippen LogP contribution in [0, 0.1) is 5.92 Å². The Morgan fingerprint density at radius 3 is 2.28 bits per heavy atom. The lowest BCUT2D eigenvalue weighted by atomic mass is 9.99. The number of alkyl halides is 1. The Balaban J connectivity index is 2.12. The van der Waals surface area contributed by atoms with E-state index in [1.165, 1.54) is 0 Å². The van der Waals surface area contributed by atoms with Crippen LogP contribution in [-0.2, 0) is 11.2 Å². The summed E-state index contributed by atoms with van der Waals surface area (Å²) in [5.41, 5.74) is 3.54. The van der Waals surface area contributed by atoms with E-state index in [2.05, 4.69) is 17.2 Å². The van der Waals surface area contributed by atoms with Crippen molar-refractivity contribution in [3.05, 3.63) is 53.9 Å². The van der Waals surface area contributed by atoms with Crippen molar-refractivity contribution in [2.24, 2.45) is 5.92 Å². The Morgan fingerprint density at radius 2 is 1.80 bits per heavy atom. The number of aromatic nitrogens is 1. The molecule has 1 aromatic heterocycles. The van der Waals surface area contributed by atoms with E-state index in [0.29, 0.717) is 5.56 Å². The molecule has 2 rings (SSSR count). The number of pyridine rings is 1. The van der Waals surface area contributed by atoms with E-state index >= 15 is 0 Å². The van der Waals surface area contributed by atoms with Gasteiger partial charge in [0.1, 0.15) is 12.8 Å². The monoisotopic (exact) mass is 344 g/mol. The second kappa shape index (κ2) is 8.72. The summed E-state index contributed by atoms with van der Waals surface area (Å²) in [6.45, 7) is 4.68. The van der Waals surface area contributed by atoms with Crippen LogP contribution in [-0.4, -0.2) is 28.7 Å². The SMILES string of the molecule is CCc1ccc(-c2ccc(C(O)C(CF)NC(=O)C(C)C)cc2)cn1. The Hall–Kier alpha value is -2.27. The third-order valence-electron chi connectivity index (χ3n) is 4.17. The largest absolute Gasteiger partial charge is 0.386 e. The highest BCUT2D eigenvalue weighted by Crippen LogP contribution is 2.23. The van der Waals surface area contributed by atoms with E-state index in [1.807, 2.05) is 30.5 Å². The summed E-state index contributed by atoms with van der Waals surface area (Å²) in [4.78, 5) is 16.1. The lowest BCUT2D eigenvalue weighted by molar-refractivity contribution is -0.125. The molecule has 0 saturated heterocycles. The van der Waals surface area contributed by atoms with E-state index < -0.39 is 18.8 Å². The second-order valence-corrected chi connectivity index (χ2v) is 6.38. The standard InChI is InChI=1S/C20H25FN2O2/c1-4-17-10-9-16(12-22-17)14-5-7-15(8-6-14)19(24)18(11-21)23-20(25)13(2)3/h5-10,12-13,18-19,24H,4,11H2,1-3H3,(H,23,25). The Bertz CT molecular complexity index is 684. The van der Waals surface area contributed by atoms with Crippen LogP contribution in [0.15, 0.2) is 42.6 Å². The molecule has 1 heterocycles. The first-order valence-electron chi connectivity index (χ1n) is 8.56. The molecular weight excluding hydrogens is 319 g/mol. The minimum absolute atomic E-state index is 0.262. The van der Waals surface area contributed by atoms with E-state index in [-0.39, 0.29) is 11.8 Å². The van der Waals surface area contributed by atoms with Crippen LogP contribution >= 0.6 is 0 Å². The van der Waals surface area contributed by atoms with E-state index in [1.54, 1.807) is 26.0 Å². The highest BCUT2D eigenvalue weighted by molar-refractivity contribution is 5.78. The smallest absolute Gasteiger partial charge is 0.222 e. The molecule has 2 aromatic rings. The molecule has 0 bridgehead atoms. The number of aliphatic hydroxyl groups is 1. The third-order valence-corrected chi connectivity index (χ3v) is 4.17. The maximum absolute atomic E-state index is 13.3. The number of hydrogen-bond donors (Lipinski definition) is 2. The normalized spacial score (nSPS) is 13.5. The zero-order chi connectivity index (χ0) is 18.4. The van der Waals surface area contributed by atoms with Crippen molar-refractivity contribution in [1.29, 1.82) is 0 Å². The van der Waals surface area contributed by atoms with Crippen molar-refractivity contribution < 1.29 is 14.3 Å². The molecule has 2 N–H and O–H groups in total. The molecule has 0 fully saturated rings. The van der Waals surface area contributed by atoms with Gasteiger partial charge in [-0.2, -0.15) is 0 Å². The maximum Gasteiger partial charge on any atom is 0.222 e. The number of benzene rings is 1. The van der Waals surface area contributed by atoms with Gasteiger partial charge in [0.25, 0.3) is 0 Å². The molecule has 5 heteroatoms. The number of aryl methyl sites for hydroxylation is 1. The van der Waals surface area contributed by atoms with Crippen LogP contribution in [0.2, 0.25) is 0 Å². The number of nitrogens with one attached hydrogen (secondary N) is 1. The van der Waals surface area contributed by atoms with Crippen LogP contribution in [0.25, 0.3) is 11.1 Å². The van der Waals surface area contributed by atoms with Crippen molar-refractivity contribution in [3.63, 3.8) is 0 Å². The molecule has 0 spiro atoms. The highest BCUT2D eigenvalue weighted by Gasteiger charge is 2.23. The fraction of sp³-hybridized carbons (Fsp3) is 0.400. The Kier molecular flexibility index (Phi) is 6.65. The van der Waals surface area contributed by atoms with Gasteiger partial charge in [-0.25, -0.2) is 4.39 Å². The molecule has 0 aliphatic heterocycles. The van der Waals surface area contributed by atoms with Crippen LogP contribution in [0.1, 0.15) is 38.1 Å². The predicted octanol–water partition coefficient (Wildman–Crippen LogP) is 3.45. The number of rotatable bonds is 7. The number of halogens is 1. The zero-order valence-corrected chi connectivity index (χ0v) is 14.9. The summed E-state index contributed by atoms with van der Waals surface area (Å²) in [5, 5.41) is 12.9. The van der Waals surface area contributed by atoms with Gasteiger partial charge in [-0.1, -0.05) is 51.1 Å². The number of aliphatic hydroxyl groups excluding tert-OH is 1. The number of carbonyl (C=O) groups is 1. The molecule has 0 saturated carbocycles. The minimum atomic E-state index is -1.10. The first-order chi connectivity index (χ1) is 12.0. The van der Waals surface area contributed by atoms with E-state index in [4.69, 9.17) is 0 Å². The fourth-order valence-electron chi connectivity index (χ4n) is 2.46. The molecule has 0 aliphatic rings. The van der Waals surface area contributed by atoms with Crippen LogP contribution in [0.4, 0.5) is 4.39 Å². The summed E-state index contributed by atoms with van der Waals surface area (Å²) in [7, 11) is 0. The summed E-state index contributed by atoms with van der Waals surface area (Å²) in [6.07, 6.45) is 1.61. The first-order valence-corrected chi connectivity index (χ1v) is 8.56. The molecule has 1 amide bonds. The predicted molar refractivity (Wildman–Crippen MR) is 96.8 cm³/mol. The van der Waals surface area contributed by atoms with Gasteiger partial charge < -0.3 is 10.4 Å². The van der Waals surface area contributed by atoms with Gasteiger partial charge in [0, 0.05) is 23.4 Å².